The summed E-state index contributed by atoms with van der Waals surface area (Å²) in [6, 6.07) is 6.31. The van der Waals surface area contributed by atoms with Crippen LogP contribution in [-0.4, -0.2) is 12.4 Å². The molecule has 0 saturated heterocycles. The van der Waals surface area contributed by atoms with Crippen LogP contribution in [0.5, 0.6) is 5.75 Å². The van der Waals surface area contributed by atoms with E-state index in [0.29, 0.717) is 5.92 Å². The molecule has 0 N–H and O–H groups in total. The van der Waals surface area contributed by atoms with Gasteiger partial charge in [0.1, 0.15) is 12.4 Å². The van der Waals surface area contributed by atoms with Crippen LogP contribution in [0.3, 0.4) is 0 Å². The van der Waals surface area contributed by atoms with E-state index in [0.717, 1.165) is 24.2 Å². The molecule has 0 amide bonds. The molecule has 1 aromatic rings. The summed E-state index contributed by atoms with van der Waals surface area (Å²) in [6.07, 6.45) is 2.30. The van der Waals surface area contributed by atoms with E-state index in [4.69, 9.17) is 4.74 Å². The van der Waals surface area contributed by atoms with Crippen molar-refractivity contribution in [3.8, 4) is 5.75 Å². The minimum Gasteiger partial charge on any atom is -0.486 e. The summed E-state index contributed by atoms with van der Waals surface area (Å²) < 4.78 is 5.68. The molecule has 0 spiro atoms. The van der Waals surface area contributed by atoms with Gasteiger partial charge in [-0.25, -0.2) is 0 Å². The molecule has 1 rings (SSSR count). The van der Waals surface area contributed by atoms with Crippen molar-refractivity contribution >= 4 is 5.78 Å². The zero-order valence-corrected chi connectivity index (χ0v) is 13.7. The van der Waals surface area contributed by atoms with Gasteiger partial charge in [0.05, 0.1) is 0 Å². The minimum absolute atomic E-state index is 0.126. The van der Waals surface area contributed by atoms with Gasteiger partial charge < -0.3 is 4.74 Å². The van der Waals surface area contributed by atoms with Gasteiger partial charge in [-0.1, -0.05) is 46.8 Å². The highest BCUT2D eigenvalue weighted by Crippen LogP contribution is 2.28. The third-order valence-electron chi connectivity index (χ3n) is 3.85. The topological polar surface area (TPSA) is 26.3 Å². The summed E-state index contributed by atoms with van der Waals surface area (Å²) >= 11 is 0. The first-order chi connectivity index (χ1) is 9.29. The maximum atomic E-state index is 11.9. The van der Waals surface area contributed by atoms with Crippen molar-refractivity contribution in [1.29, 1.82) is 0 Å². The molecule has 0 aliphatic carbocycles. The molecule has 0 radical (unpaired) electrons. The highest BCUT2D eigenvalue weighted by molar-refractivity contribution is 5.85. The molecule has 0 bridgehead atoms. The van der Waals surface area contributed by atoms with Crippen molar-refractivity contribution in [3.05, 3.63) is 29.3 Å². The summed E-state index contributed by atoms with van der Waals surface area (Å²) in [4.78, 5) is 11.9. The highest BCUT2D eigenvalue weighted by atomic mass is 16.5. The molecule has 2 nitrogen and oxygen atoms in total. The quantitative estimate of drug-likeness (QED) is 0.739. The fourth-order valence-electron chi connectivity index (χ4n) is 2.21. The predicted molar refractivity (Wildman–Crippen MR) is 84.5 cm³/mol. The predicted octanol–water partition coefficient (Wildman–Crippen LogP) is 4.89. The van der Waals surface area contributed by atoms with Crippen molar-refractivity contribution in [2.24, 2.45) is 5.41 Å². The number of carbonyl (C=O) groups is 1. The molecule has 0 saturated carbocycles. The van der Waals surface area contributed by atoms with Crippen molar-refractivity contribution in [2.45, 2.75) is 60.3 Å². The average Bonchev–Trinajstić information content (AvgIpc) is 2.37. The van der Waals surface area contributed by atoms with Gasteiger partial charge in [-0.05, 0) is 42.9 Å². The van der Waals surface area contributed by atoms with Crippen molar-refractivity contribution in [2.75, 3.05) is 6.61 Å². The fourth-order valence-corrected chi connectivity index (χ4v) is 2.21. The lowest BCUT2D eigenvalue weighted by atomic mass is 9.91. The molecule has 0 fully saturated rings. The molecule has 0 atom stereocenters. The Morgan fingerprint density at radius 2 is 1.80 bits per heavy atom. The van der Waals surface area contributed by atoms with E-state index in [9.17, 15) is 4.79 Å². The molecule has 0 heterocycles. The largest absolute Gasteiger partial charge is 0.486 e. The Bertz CT molecular complexity index is 451. The van der Waals surface area contributed by atoms with Gasteiger partial charge in [-0.15, -0.1) is 0 Å². The molecule has 0 aromatic heterocycles. The third kappa shape index (κ3) is 4.36. The van der Waals surface area contributed by atoms with E-state index in [2.05, 4.69) is 26.0 Å². The number of rotatable bonds is 6. The van der Waals surface area contributed by atoms with Crippen LogP contribution in [0.25, 0.3) is 0 Å². The summed E-state index contributed by atoms with van der Waals surface area (Å²) in [5.74, 6) is 1.55. The van der Waals surface area contributed by atoms with E-state index in [1.165, 1.54) is 5.56 Å². The van der Waals surface area contributed by atoms with Crippen LogP contribution in [0.2, 0.25) is 0 Å². The van der Waals surface area contributed by atoms with Crippen LogP contribution in [0, 0.1) is 12.3 Å². The van der Waals surface area contributed by atoms with E-state index in [-0.39, 0.29) is 17.8 Å². The Morgan fingerprint density at radius 1 is 1.20 bits per heavy atom. The summed E-state index contributed by atoms with van der Waals surface area (Å²) in [5.41, 5.74) is 2.13. The van der Waals surface area contributed by atoms with Gasteiger partial charge in [0.15, 0.2) is 5.78 Å². The second-order valence-electron chi connectivity index (χ2n) is 6.50. The standard InChI is InChI=1S/C18H28O2/c1-7-14(8-2)15-9-10-16(13(3)11-15)20-12-17(19)18(4,5)6/h9-11,14H,7-8,12H2,1-6H3. The SMILES string of the molecule is CCC(CC)c1ccc(OCC(=O)C(C)(C)C)c(C)c1. The van der Waals surface area contributed by atoms with Gasteiger partial charge in [0, 0.05) is 5.41 Å². The number of Topliss-reactive ketones (excluding diaryl/α,β-unsaturated/α-hetero) is 1. The van der Waals surface area contributed by atoms with Gasteiger partial charge in [-0.3, -0.25) is 4.79 Å². The van der Waals surface area contributed by atoms with Crippen LogP contribution in [0.15, 0.2) is 18.2 Å². The van der Waals surface area contributed by atoms with Crippen LogP contribution < -0.4 is 4.74 Å². The molecule has 2 heteroatoms. The Hall–Kier alpha value is -1.31. The first-order valence-corrected chi connectivity index (χ1v) is 7.56. The fraction of sp³-hybridized carbons (Fsp3) is 0.611. The van der Waals surface area contributed by atoms with Crippen LogP contribution >= 0.6 is 0 Å². The number of hydrogen-bond acceptors (Lipinski definition) is 2. The zero-order valence-electron chi connectivity index (χ0n) is 13.7. The third-order valence-corrected chi connectivity index (χ3v) is 3.85. The molecule has 20 heavy (non-hydrogen) atoms. The number of ketones is 1. The number of carbonyl (C=O) groups excluding carboxylic acids is 1. The second-order valence-corrected chi connectivity index (χ2v) is 6.50. The summed E-state index contributed by atoms with van der Waals surface area (Å²) in [6.45, 7) is 12.4. The van der Waals surface area contributed by atoms with Crippen LogP contribution in [0.4, 0.5) is 0 Å². The Labute approximate surface area is 123 Å². The van der Waals surface area contributed by atoms with Crippen LogP contribution in [0.1, 0.15) is 64.5 Å². The number of aryl methyl sites for hydroxylation is 1. The summed E-state index contributed by atoms with van der Waals surface area (Å²) in [7, 11) is 0. The lowest BCUT2D eigenvalue weighted by molar-refractivity contribution is -0.128. The Balaban J connectivity index is 2.77. The molecule has 112 valence electrons. The Morgan fingerprint density at radius 3 is 2.25 bits per heavy atom. The van der Waals surface area contributed by atoms with Gasteiger partial charge in [-0.2, -0.15) is 0 Å². The normalized spacial score (nSPS) is 11.8. The lowest BCUT2D eigenvalue weighted by Gasteiger charge is -2.19. The second kappa shape index (κ2) is 6.92. The first-order valence-electron chi connectivity index (χ1n) is 7.56. The van der Waals surface area contributed by atoms with Crippen molar-refractivity contribution in [1.82, 2.24) is 0 Å². The van der Waals surface area contributed by atoms with E-state index >= 15 is 0 Å². The van der Waals surface area contributed by atoms with Gasteiger partial charge in [0.25, 0.3) is 0 Å². The smallest absolute Gasteiger partial charge is 0.175 e. The van der Waals surface area contributed by atoms with E-state index < -0.39 is 0 Å². The first kappa shape index (κ1) is 16.7. The molecular weight excluding hydrogens is 248 g/mol. The minimum atomic E-state index is -0.344. The molecule has 0 aliphatic rings. The highest BCUT2D eigenvalue weighted by Gasteiger charge is 2.21. The maximum Gasteiger partial charge on any atom is 0.175 e. The maximum absolute atomic E-state index is 11.9. The molecule has 1 aromatic carbocycles. The van der Waals surface area contributed by atoms with Crippen molar-refractivity contribution < 1.29 is 9.53 Å². The van der Waals surface area contributed by atoms with Crippen LogP contribution in [-0.2, 0) is 4.79 Å². The zero-order chi connectivity index (χ0) is 15.3. The van der Waals surface area contributed by atoms with Gasteiger partial charge in [0.2, 0.25) is 0 Å². The molecule has 0 aliphatic heterocycles. The molecular formula is C18H28O2. The summed E-state index contributed by atoms with van der Waals surface area (Å²) in [5, 5.41) is 0. The number of ether oxygens (including phenoxy) is 1. The van der Waals surface area contributed by atoms with E-state index in [1.54, 1.807) is 0 Å². The van der Waals surface area contributed by atoms with Crippen molar-refractivity contribution in [3.63, 3.8) is 0 Å². The Kier molecular flexibility index (Phi) is 5.79. The number of hydrogen-bond donors (Lipinski definition) is 0. The number of benzene rings is 1. The lowest BCUT2D eigenvalue weighted by Crippen LogP contribution is -2.26. The van der Waals surface area contributed by atoms with E-state index in [1.807, 2.05) is 33.8 Å². The van der Waals surface area contributed by atoms with Gasteiger partial charge >= 0.3 is 0 Å². The monoisotopic (exact) mass is 276 g/mol. The molecule has 0 unspecified atom stereocenters. The average molecular weight is 276 g/mol.